The predicted octanol–water partition coefficient (Wildman–Crippen LogP) is 19.9. The van der Waals surface area contributed by atoms with E-state index in [4.69, 9.17) is 0 Å². The molecule has 0 radical (unpaired) electrons. The van der Waals surface area contributed by atoms with Gasteiger partial charge in [-0.1, -0.05) is 299 Å². The molecule has 0 aliphatic carbocycles. The van der Waals surface area contributed by atoms with Gasteiger partial charge in [-0.3, -0.25) is 4.79 Å². The summed E-state index contributed by atoms with van der Waals surface area (Å²) >= 11 is 0. The van der Waals surface area contributed by atoms with Gasteiger partial charge in [-0.05, 0) is 96.3 Å². The first-order chi connectivity index (χ1) is 36.5. The van der Waals surface area contributed by atoms with E-state index in [2.05, 4.69) is 79.9 Å². The lowest BCUT2D eigenvalue weighted by Gasteiger charge is -2.27. The van der Waals surface area contributed by atoms with E-state index < -0.39 is 36.9 Å². The highest BCUT2D eigenvalue weighted by Gasteiger charge is 2.28. The van der Waals surface area contributed by atoms with E-state index in [1.807, 2.05) is 0 Å². The zero-order valence-electron chi connectivity index (χ0n) is 49.3. The number of rotatable bonds is 60. The zero-order valence-corrected chi connectivity index (χ0v) is 49.3. The molecule has 0 aromatic rings. The summed E-state index contributed by atoms with van der Waals surface area (Å²) in [6.45, 7) is 4.07. The van der Waals surface area contributed by atoms with Crippen molar-refractivity contribution in [3.05, 3.63) is 60.8 Å². The van der Waals surface area contributed by atoms with E-state index in [-0.39, 0.29) is 0 Å². The van der Waals surface area contributed by atoms with E-state index in [0.717, 1.165) is 57.8 Å². The molecule has 1 amide bonds. The Labute approximate surface area is 461 Å². The molecule has 0 saturated carbocycles. The molecule has 0 fully saturated rings. The molecule has 434 valence electrons. The van der Waals surface area contributed by atoms with E-state index in [9.17, 15) is 25.2 Å². The van der Waals surface area contributed by atoms with Crippen molar-refractivity contribution < 1.29 is 25.2 Å². The number of allylic oxidation sites excluding steroid dienone is 10. The first kappa shape index (κ1) is 72.0. The van der Waals surface area contributed by atoms with Gasteiger partial charge in [0.1, 0.15) is 12.2 Å². The number of carbonyl (C=O) groups is 1. The topological polar surface area (TPSA) is 110 Å². The molecule has 0 bridgehead atoms. The van der Waals surface area contributed by atoms with Crippen molar-refractivity contribution in [1.82, 2.24) is 5.32 Å². The maximum absolute atomic E-state index is 12.6. The third-order valence-electron chi connectivity index (χ3n) is 15.2. The van der Waals surface area contributed by atoms with Gasteiger partial charge in [-0.2, -0.15) is 0 Å². The average Bonchev–Trinajstić information content (AvgIpc) is 3.41. The van der Waals surface area contributed by atoms with Crippen molar-refractivity contribution in [3.8, 4) is 0 Å². The third-order valence-corrected chi connectivity index (χ3v) is 15.2. The maximum Gasteiger partial charge on any atom is 0.249 e. The van der Waals surface area contributed by atoms with Crippen LogP contribution >= 0.6 is 0 Å². The Morgan fingerprint density at radius 3 is 0.932 bits per heavy atom. The zero-order chi connectivity index (χ0) is 53.7. The average molecular weight is 1040 g/mol. The van der Waals surface area contributed by atoms with Gasteiger partial charge >= 0.3 is 0 Å². The standard InChI is InChI=1S/C68H127NO5/c1-3-5-7-9-11-13-15-17-19-21-23-25-27-28-29-30-31-32-33-34-35-36-37-38-39-40-42-44-46-48-50-52-54-56-58-60-62-66(72)68(74)69-64(63-70)67(73)65(71)61-59-57-55-53-51-49-47-45-43-41-26-24-22-20-18-16-14-12-10-8-6-4-2/h24,26,29-30,32-33,45,47,53,55,64-67,70-73H,3-23,25,27-28,31,34-44,46,48-52,54,56-63H2,1-2H3,(H,69,74)/b26-24+,30-29-,33-32-,47-45+,55-53+. The summed E-state index contributed by atoms with van der Waals surface area (Å²) in [5, 5.41) is 44.1. The minimum atomic E-state index is -1.30. The quantitative estimate of drug-likeness (QED) is 0.0308. The minimum absolute atomic E-state index is 0.358. The molecule has 6 nitrogen and oxygen atoms in total. The third kappa shape index (κ3) is 54.8. The van der Waals surface area contributed by atoms with Crippen molar-refractivity contribution in [2.75, 3.05) is 6.61 Å². The van der Waals surface area contributed by atoms with Crippen LogP contribution in [0.5, 0.6) is 0 Å². The Bertz CT molecular complexity index is 1260. The Morgan fingerprint density at radius 1 is 0.338 bits per heavy atom. The molecule has 0 aromatic heterocycles. The van der Waals surface area contributed by atoms with E-state index in [1.54, 1.807) is 0 Å². The molecule has 0 heterocycles. The predicted molar refractivity (Wildman–Crippen MR) is 325 cm³/mol. The largest absolute Gasteiger partial charge is 0.394 e. The summed E-state index contributed by atoms with van der Waals surface area (Å²) in [4.78, 5) is 12.6. The van der Waals surface area contributed by atoms with Crippen LogP contribution in [0, 0.1) is 0 Å². The molecule has 0 aromatic carbocycles. The monoisotopic (exact) mass is 1040 g/mol. The van der Waals surface area contributed by atoms with Crippen LogP contribution in [0.4, 0.5) is 0 Å². The van der Waals surface area contributed by atoms with Crippen LogP contribution in [0.15, 0.2) is 60.8 Å². The van der Waals surface area contributed by atoms with Crippen LogP contribution < -0.4 is 5.32 Å². The van der Waals surface area contributed by atoms with Crippen molar-refractivity contribution in [1.29, 1.82) is 0 Å². The van der Waals surface area contributed by atoms with E-state index >= 15 is 0 Å². The molecule has 0 rings (SSSR count). The molecule has 6 heteroatoms. The molecule has 4 unspecified atom stereocenters. The highest BCUT2D eigenvalue weighted by atomic mass is 16.3. The maximum atomic E-state index is 12.6. The molecule has 0 spiro atoms. The minimum Gasteiger partial charge on any atom is -0.394 e. The lowest BCUT2D eigenvalue weighted by molar-refractivity contribution is -0.132. The highest BCUT2D eigenvalue weighted by molar-refractivity contribution is 5.80. The normalized spacial score (nSPS) is 14.0. The van der Waals surface area contributed by atoms with E-state index in [1.165, 1.54) is 244 Å². The lowest BCUT2D eigenvalue weighted by atomic mass is 10.00. The number of aliphatic hydroxyl groups is 4. The summed E-state index contributed by atoms with van der Waals surface area (Å²) in [5.74, 6) is -0.597. The van der Waals surface area contributed by atoms with Crippen LogP contribution in [-0.4, -0.2) is 57.3 Å². The fraction of sp³-hybridized carbons (Fsp3) is 0.838. The van der Waals surface area contributed by atoms with Gasteiger partial charge in [-0.25, -0.2) is 0 Å². The van der Waals surface area contributed by atoms with Crippen molar-refractivity contribution in [2.24, 2.45) is 0 Å². The second kappa shape index (κ2) is 61.9. The Balaban J connectivity index is 3.62. The molecule has 74 heavy (non-hydrogen) atoms. The van der Waals surface area contributed by atoms with Crippen LogP contribution in [0.1, 0.15) is 335 Å². The Kier molecular flexibility index (Phi) is 60.2. The van der Waals surface area contributed by atoms with Gasteiger partial charge < -0.3 is 25.7 Å². The molecule has 0 saturated heterocycles. The van der Waals surface area contributed by atoms with Gasteiger partial charge in [0.15, 0.2) is 0 Å². The second-order valence-corrected chi connectivity index (χ2v) is 22.4. The van der Waals surface area contributed by atoms with Gasteiger partial charge in [0.2, 0.25) is 5.91 Å². The summed E-state index contributed by atoms with van der Waals surface area (Å²) in [6.07, 6.45) is 81.9. The summed E-state index contributed by atoms with van der Waals surface area (Å²) in [7, 11) is 0. The summed E-state index contributed by atoms with van der Waals surface area (Å²) < 4.78 is 0. The molecular formula is C68H127NO5. The smallest absolute Gasteiger partial charge is 0.249 e. The number of aliphatic hydroxyl groups excluding tert-OH is 4. The number of carbonyl (C=O) groups excluding carboxylic acids is 1. The first-order valence-corrected chi connectivity index (χ1v) is 32.7. The summed E-state index contributed by atoms with van der Waals surface area (Å²) in [5.41, 5.74) is 0. The second-order valence-electron chi connectivity index (χ2n) is 22.4. The number of nitrogens with one attached hydrogen (secondary N) is 1. The number of amides is 1. The van der Waals surface area contributed by atoms with Crippen LogP contribution in [-0.2, 0) is 4.79 Å². The van der Waals surface area contributed by atoms with Crippen LogP contribution in [0.25, 0.3) is 0 Å². The van der Waals surface area contributed by atoms with E-state index in [0.29, 0.717) is 19.3 Å². The van der Waals surface area contributed by atoms with Gasteiger partial charge in [0, 0.05) is 0 Å². The Hall–Kier alpha value is -1.99. The van der Waals surface area contributed by atoms with Gasteiger partial charge in [0.05, 0.1) is 18.8 Å². The fourth-order valence-electron chi connectivity index (χ4n) is 10.1. The van der Waals surface area contributed by atoms with Crippen LogP contribution in [0.2, 0.25) is 0 Å². The SMILES string of the molecule is CCCCCCCCCCC/C=C/CC/C=C/CC/C=C/CCCC(O)C(O)C(CO)NC(=O)C(O)CCCCCCCCCCCCCCCCCC/C=C\C/C=C\CCCCCCCCCCCCCCC. The lowest BCUT2D eigenvalue weighted by Crippen LogP contribution is -2.53. The molecule has 4 atom stereocenters. The fourth-order valence-corrected chi connectivity index (χ4v) is 10.1. The van der Waals surface area contributed by atoms with Crippen molar-refractivity contribution in [3.63, 3.8) is 0 Å². The van der Waals surface area contributed by atoms with Crippen LogP contribution in [0.3, 0.4) is 0 Å². The summed E-state index contributed by atoms with van der Waals surface area (Å²) in [6, 6.07) is -1.01. The van der Waals surface area contributed by atoms with Gasteiger partial charge in [-0.15, -0.1) is 0 Å². The molecule has 0 aliphatic heterocycles. The first-order valence-electron chi connectivity index (χ1n) is 32.7. The van der Waals surface area contributed by atoms with Gasteiger partial charge in [0.25, 0.3) is 0 Å². The number of unbranched alkanes of at least 4 members (excludes halogenated alkanes) is 41. The molecular weight excluding hydrogens is 911 g/mol. The number of hydrogen-bond donors (Lipinski definition) is 5. The molecule has 0 aliphatic rings. The van der Waals surface area contributed by atoms with Crippen molar-refractivity contribution >= 4 is 5.91 Å². The Morgan fingerprint density at radius 2 is 0.608 bits per heavy atom. The highest BCUT2D eigenvalue weighted by Crippen LogP contribution is 2.18. The number of hydrogen-bond acceptors (Lipinski definition) is 5. The van der Waals surface area contributed by atoms with Crippen molar-refractivity contribution in [2.45, 2.75) is 359 Å². The molecule has 5 N–H and O–H groups in total.